The zero-order valence-electron chi connectivity index (χ0n) is 14.0. The maximum Gasteiger partial charge on any atom is 0.271 e. The highest BCUT2D eigenvalue weighted by Gasteiger charge is 2.09. The largest absolute Gasteiger partial charge is 0.347 e. The molecule has 6 heteroatoms. The van der Waals surface area contributed by atoms with Gasteiger partial charge >= 0.3 is 0 Å². The minimum absolute atomic E-state index is 0.136. The van der Waals surface area contributed by atoms with Crippen LogP contribution in [-0.4, -0.2) is 20.7 Å². The van der Waals surface area contributed by atoms with Gasteiger partial charge in [-0.25, -0.2) is 4.98 Å². The molecule has 0 spiro atoms. The molecule has 1 aromatic carbocycles. The number of hydrogen-bond acceptors (Lipinski definition) is 4. The first-order chi connectivity index (χ1) is 11.5. The van der Waals surface area contributed by atoms with E-state index in [2.05, 4.69) is 40.5 Å². The summed E-state index contributed by atoms with van der Waals surface area (Å²) in [7, 11) is 0. The van der Waals surface area contributed by atoms with Gasteiger partial charge in [0.05, 0.1) is 17.2 Å². The summed E-state index contributed by atoms with van der Waals surface area (Å²) in [6, 6.07) is 10.3. The summed E-state index contributed by atoms with van der Waals surface area (Å²) in [5.74, 6) is -0.136. The van der Waals surface area contributed by atoms with Gasteiger partial charge in [-0.1, -0.05) is 24.3 Å². The second-order valence-electron chi connectivity index (χ2n) is 5.84. The van der Waals surface area contributed by atoms with E-state index in [1.807, 2.05) is 30.7 Å². The molecule has 1 N–H and O–H groups in total. The van der Waals surface area contributed by atoms with Gasteiger partial charge in [0.15, 0.2) is 0 Å². The van der Waals surface area contributed by atoms with Gasteiger partial charge in [0.1, 0.15) is 5.69 Å². The molecule has 0 bridgehead atoms. The van der Waals surface area contributed by atoms with Crippen LogP contribution in [0, 0.1) is 20.8 Å². The summed E-state index contributed by atoms with van der Waals surface area (Å²) < 4.78 is 1.99. The molecule has 0 fully saturated rings. The number of hydrogen-bond donors (Lipinski definition) is 1. The number of rotatable bonds is 5. The van der Waals surface area contributed by atoms with E-state index in [0.29, 0.717) is 12.2 Å². The van der Waals surface area contributed by atoms with Crippen molar-refractivity contribution in [1.29, 1.82) is 0 Å². The van der Waals surface area contributed by atoms with E-state index in [1.165, 1.54) is 11.3 Å². The molecule has 124 valence electrons. The normalized spacial score (nSPS) is 10.8. The average molecular weight is 340 g/mol. The van der Waals surface area contributed by atoms with Gasteiger partial charge < -0.3 is 5.32 Å². The van der Waals surface area contributed by atoms with E-state index in [-0.39, 0.29) is 5.91 Å². The number of amides is 1. The fourth-order valence-corrected chi connectivity index (χ4v) is 3.18. The lowest BCUT2D eigenvalue weighted by Gasteiger charge is -2.08. The predicted molar refractivity (Wildman–Crippen MR) is 95.3 cm³/mol. The molecule has 0 saturated heterocycles. The molecular weight excluding hydrogens is 320 g/mol. The molecule has 0 aliphatic rings. The lowest BCUT2D eigenvalue weighted by atomic mass is 10.1. The predicted octanol–water partition coefficient (Wildman–Crippen LogP) is 3.24. The molecule has 5 nitrogen and oxygen atoms in total. The summed E-state index contributed by atoms with van der Waals surface area (Å²) in [5.41, 5.74) is 4.88. The summed E-state index contributed by atoms with van der Waals surface area (Å²) in [4.78, 5) is 16.3. The average Bonchev–Trinajstić information content (AvgIpc) is 3.11. The molecule has 2 heterocycles. The zero-order chi connectivity index (χ0) is 17.1. The zero-order valence-corrected chi connectivity index (χ0v) is 14.9. The van der Waals surface area contributed by atoms with Gasteiger partial charge in [0.25, 0.3) is 5.91 Å². The molecule has 0 atom stereocenters. The Balaban J connectivity index is 1.65. The first-order valence-electron chi connectivity index (χ1n) is 7.80. The van der Waals surface area contributed by atoms with Crippen LogP contribution in [0.2, 0.25) is 0 Å². The highest BCUT2D eigenvalue weighted by Crippen LogP contribution is 2.11. The fraction of sp³-hybridized carbons (Fsp3) is 0.278. The van der Waals surface area contributed by atoms with Crippen LogP contribution in [-0.2, 0) is 13.1 Å². The van der Waals surface area contributed by atoms with Crippen molar-refractivity contribution in [3.63, 3.8) is 0 Å². The number of thiazole rings is 1. The SMILES string of the molecule is Cc1cc(C)n(Cc2cccc(CNC(=O)c3csc(C)n3)c2)n1. The van der Waals surface area contributed by atoms with Crippen LogP contribution in [0.5, 0.6) is 0 Å². The van der Waals surface area contributed by atoms with Gasteiger partial charge in [-0.2, -0.15) is 5.10 Å². The van der Waals surface area contributed by atoms with E-state index >= 15 is 0 Å². The van der Waals surface area contributed by atoms with Crippen LogP contribution in [0.1, 0.15) is 38.0 Å². The van der Waals surface area contributed by atoms with Crippen molar-refractivity contribution in [2.45, 2.75) is 33.9 Å². The van der Waals surface area contributed by atoms with Gasteiger partial charge in [-0.3, -0.25) is 9.48 Å². The van der Waals surface area contributed by atoms with Crippen LogP contribution in [0.25, 0.3) is 0 Å². The molecule has 1 amide bonds. The maximum absolute atomic E-state index is 12.1. The smallest absolute Gasteiger partial charge is 0.271 e. The fourth-order valence-electron chi connectivity index (χ4n) is 2.59. The number of aromatic nitrogens is 3. The van der Waals surface area contributed by atoms with Crippen LogP contribution >= 0.6 is 11.3 Å². The first-order valence-corrected chi connectivity index (χ1v) is 8.68. The quantitative estimate of drug-likeness (QED) is 0.776. The second kappa shape index (κ2) is 6.97. The molecule has 0 aliphatic carbocycles. The minimum Gasteiger partial charge on any atom is -0.347 e. The highest BCUT2D eigenvalue weighted by atomic mass is 32.1. The summed E-state index contributed by atoms with van der Waals surface area (Å²) in [6.45, 7) is 7.16. The Kier molecular flexibility index (Phi) is 4.76. The molecule has 3 rings (SSSR count). The van der Waals surface area contributed by atoms with Crippen molar-refractivity contribution < 1.29 is 4.79 Å². The standard InChI is InChI=1S/C18H20N4OS/c1-12-7-13(2)22(21-12)10-16-6-4-5-15(8-16)9-19-18(23)17-11-24-14(3)20-17/h4-8,11H,9-10H2,1-3H3,(H,19,23). The van der Waals surface area contributed by atoms with Crippen molar-refractivity contribution in [3.05, 3.63) is 68.9 Å². The number of carbonyl (C=O) groups excluding carboxylic acids is 1. The summed E-state index contributed by atoms with van der Waals surface area (Å²) in [6.07, 6.45) is 0. The van der Waals surface area contributed by atoms with Gasteiger partial charge in [0, 0.05) is 17.6 Å². The van der Waals surface area contributed by atoms with E-state index < -0.39 is 0 Å². The number of benzene rings is 1. The number of aryl methyl sites for hydroxylation is 3. The van der Waals surface area contributed by atoms with E-state index in [9.17, 15) is 4.79 Å². The molecule has 0 aliphatic heterocycles. The van der Waals surface area contributed by atoms with Gasteiger partial charge in [-0.05, 0) is 38.0 Å². The third-order valence-corrected chi connectivity index (χ3v) is 4.51. The molecule has 0 unspecified atom stereocenters. The Hall–Kier alpha value is -2.47. The maximum atomic E-state index is 12.1. The van der Waals surface area contributed by atoms with Gasteiger partial charge in [-0.15, -0.1) is 11.3 Å². The third kappa shape index (κ3) is 3.89. The molecular formula is C18H20N4OS. The van der Waals surface area contributed by atoms with E-state index in [1.54, 1.807) is 5.38 Å². The second-order valence-corrected chi connectivity index (χ2v) is 6.90. The Morgan fingerprint density at radius 1 is 1.21 bits per heavy atom. The number of nitrogens with zero attached hydrogens (tertiary/aromatic N) is 3. The Labute approximate surface area is 145 Å². The summed E-state index contributed by atoms with van der Waals surface area (Å²) in [5, 5.41) is 10.1. The summed E-state index contributed by atoms with van der Waals surface area (Å²) >= 11 is 1.48. The van der Waals surface area contributed by atoms with Crippen molar-refractivity contribution in [2.24, 2.45) is 0 Å². The molecule has 2 aromatic heterocycles. The van der Waals surface area contributed by atoms with E-state index in [4.69, 9.17) is 0 Å². The van der Waals surface area contributed by atoms with Crippen molar-refractivity contribution >= 4 is 17.2 Å². The topological polar surface area (TPSA) is 59.8 Å². The minimum atomic E-state index is -0.136. The van der Waals surface area contributed by atoms with E-state index in [0.717, 1.165) is 34.1 Å². The van der Waals surface area contributed by atoms with Crippen LogP contribution in [0.4, 0.5) is 0 Å². The Bertz CT molecular complexity index is 866. The van der Waals surface area contributed by atoms with Crippen molar-refractivity contribution in [3.8, 4) is 0 Å². The molecule has 3 aromatic rings. The first kappa shape index (κ1) is 16.4. The lowest BCUT2D eigenvalue weighted by Crippen LogP contribution is -2.23. The van der Waals surface area contributed by atoms with Gasteiger partial charge in [0.2, 0.25) is 0 Å². The van der Waals surface area contributed by atoms with Crippen molar-refractivity contribution in [1.82, 2.24) is 20.1 Å². The van der Waals surface area contributed by atoms with Crippen LogP contribution < -0.4 is 5.32 Å². The highest BCUT2D eigenvalue weighted by molar-refractivity contribution is 7.09. The van der Waals surface area contributed by atoms with Crippen LogP contribution in [0.3, 0.4) is 0 Å². The third-order valence-electron chi connectivity index (χ3n) is 3.73. The van der Waals surface area contributed by atoms with Crippen molar-refractivity contribution in [2.75, 3.05) is 0 Å². The molecule has 24 heavy (non-hydrogen) atoms. The monoisotopic (exact) mass is 340 g/mol. The lowest BCUT2D eigenvalue weighted by molar-refractivity contribution is 0.0946. The number of nitrogens with one attached hydrogen (secondary N) is 1. The molecule has 0 radical (unpaired) electrons. The number of carbonyl (C=O) groups is 1. The Morgan fingerprint density at radius 2 is 2.00 bits per heavy atom. The van der Waals surface area contributed by atoms with Crippen LogP contribution in [0.15, 0.2) is 35.7 Å². The Morgan fingerprint density at radius 3 is 2.67 bits per heavy atom. The molecule has 0 saturated carbocycles.